The van der Waals surface area contributed by atoms with Crippen molar-refractivity contribution in [2.24, 2.45) is 11.3 Å². The summed E-state index contributed by atoms with van der Waals surface area (Å²) in [5, 5.41) is 3.22. The van der Waals surface area contributed by atoms with Gasteiger partial charge in [0.1, 0.15) is 11.7 Å². The summed E-state index contributed by atoms with van der Waals surface area (Å²) >= 11 is 0. The van der Waals surface area contributed by atoms with Gasteiger partial charge in [0, 0.05) is 40.9 Å². The summed E-state index contributed by atoms with van der Waals surface area (Å²) < 4.78 is 21.6. The van der Waals surface area contributed by atoms with Gasteiger partial charge in [-0.1, -0.05) is 20.4 Å². The van der Waals surface area contributed by atoms with Gasteiger partial charge < -0.3 is 24.3 Å². The predicted molar refractivity (Wildman–Crippen MR) is 112 cm³/mol. The molecule has 3 rings (SSSR count). The summed E-state index contributed by atoms with van der Waals surface area (Å²) in [5.41, 5.74) is 2.32. The first-order valence-electron chi connectivity index (χ1n) is 9.77. The highest BCUT2D eigenvalue weighted by molar-refractivity contribution is 6.01. The number of esters is 1. The van der Waals surface area contributed by atoms with Gasteiger partial charge >= 0.3 is 5.97 Å². The molecule has 0 aromatic heterocycles. The topological polar surface area (TPSA) is 83.1 Å². The Labute approximate surface area is 177 Å². The zero-order valence-electron chi connectivity index (χ0n) is 18.4. The van der Waals surface area contributed by atoms with Crippen molar-refractivity contribution in [2.45, 2.75) is 32.6 Å². The molecule has 2 atom stereocenters. The molecule has 7 nitrogen and oxygen atoms in total. The number of carbonyl (C=O) groups is 2. The molecule has 0 fully saturated rings. The molecule has 7 heteroatoms. The molecular weight excluding hydrogens is 386 g/mol. The Morgan fingerprint density at radius 1 is 1.03 bits per heavy atom. The smallest absolute Gasteiger partial charge is 0.315 e. The van der Waals surface area contributed by atoms with Crippen LogP contribution in [0.5, 0.6) is 17.2 Å². The second-order valence-electron chi connectivity index (χ2n) is 8.41. The van der Waals surface area contributed by atoms with Crippen LogP contribution in [0, 0.1) is 11.3 Å². The number of rotatable bonds is 5. The van der Waals surface area contributed by atoms with Crippen LogP contribution >= 0.6 is 0 Å². The van der Waals surface area contributed by atoms with Crippen LogP contribution < -0.4 is 19.5 Å². The standard InChI is InChI=1S/C23H29NO6/c1-12-19(22(26)30-7)20(21-14(24-12)10-23(2,3)11-15(21)25)13-8-17(28-5)18(29-6)9-16(13)27-4/h8-9,19-20,24H,1,10-11H2,2-7H3. The minimum Gasteiger partial charge on any atom is -0.496 e. The highest BCUT2D eigenvalue weighted by Crippen LogP contribution is 2.51. The van der Waals surface area contributed by atoms with Crippen molar-refractivity contribution >= 4 is 11.8 Å². The van der Waals surface area contributed by atoms with Gasteiger partial charge in [0.15, 0.2) is 17.3 Å². The number of hydrogen-bond donors (Lipinski definition) is 1. The summed E-state index contributed by atoms with van der Waals surface area (Å²) in [6, 6.07) is 3.46. The van der Waals surface area contributed by atoms with Crippen molar-refractivity contribution < 1.29 is 28.5 Å². The summed E-state index contributed by atoms with van der Waals surface area (Å²) in [6.07, 6.45) is 1.06. The summed E-state index contributed by atoms with van der Waals surface area (Å²) in [6.45, 7) is 8.19. The van der Waals surface area contributed by atoms with E-state index in [1.165, 1.54) is 28.4 Å². The summed E-state index contributed by atoms with van der Waals surface area (Å²) in [5.74, 6) is -0.413. The predicted octanol–water partition coefficient (Wildman–Crippen LogP) is 3.35. The maximum absolute atomic E-state index is 13.3. The van der Waals surface area contributed by atoms with Crippen LogP contribution in [0.2, 0.25) is 0 Å². The van der Waals surface area contributed by atoms with Crippen LogP contribution in [0.4, 0.5) is 0 Å². The van der Waals surface area contributed by atoms with Gasteiger partial charge in [-0.05, 0) is 17.9 Å². The second kappa shape index (κ2) is 8.05. The van der Waals surface area contributed by atoms with Gasteiger partial charge in [0.05, 0.1) is 28.4 Å². The molecule has 2 aliphatic rings. The Hall–Kier alpha value is -2.96. The first-order valence-corrected chi connectivity index (χ1v) is 9.77. The Morgan fingerprint density at radius 2 is 1.63 bits per heavy atom. The average Bonchev–Trinajstić information content (AvgIpc) is 2.70. The van der Waals surface area contributed by atoms with E-state index >= 15 is 0 Å². The fourth-order valence-corrected chi connectivity index (χ4v) is 4.48. The molecule has 0 saturated carbocycles. The van der Waals surface area contributed by atoms with Gasteiger partial charge in [-0.3, -0.25) is 9.59 Å². The van der Waals surface area contributed by atoms with E-state index in [-0.39, 0.29) is 11.2 Å². The Kier molecular flexibility index (Phi) is 5.83. The molecule has 0 saturated heterocycles. The van der Waals surface area contributed by atoms with Crippen molar-refractivity contribution in [1.82, 2.24) is 5.32 Å². The van der Waals surface area contributed by atoms with Gasteiger partial charge in [-0.15, -0.1) is 0 Å². The third-order valence-corrected chi connectivity index (χ3v) is 5.78. The third kappa shape index (κ3) is 3.64. The fourth-order valence-electron chi connectivity index (χ4n) is 4.48. The van der Waals surface area contributed by atoms with Crippen LogP contribution in [0.25, 0.3) is 0 Å². The van der Waals surface area contributed by atoms with Gasteiger partial charge in [-0.25, -0.2) is 0 Å². The lowest BCUT2D eigenvalue weighted by atomic mass is 9.66. The largest absolute Gasteiger partial charge is 0.496 e. The molecule has 1 heterocycles. The van der Waals surface area contributed by atoms with Gasteiger partial charge in [0.25, 0.3) is 0 Å². The van der Waals surface area contributed by atoms with E-state index in [1.807, 2.05) is 0 Å². The van der Waals surface area contributed by atoms with E-state index in [9.17, 15) is 9.59 Å². The van der Waals surface area contributed by atoms with Crippen molar-refractivity contribution in [1.29, 1.82) is 0 Å². The van der Waals surface area contributed by atoms with Crippen molar-refractivity contribution in [3.63, 3.8) is 0 Å². The lowest BCUT2D eigenvalue weighted by molar-refractivity contribution is -0.144. The van der Waals surface area contributed by atoms with Gasteiger partial charge in [0.2, 0.25) is 0 Å². The molecule has 2 unspecified atom stereocenters. The molecule has 30 heavy (non-hydrogen) atoms. The second-order valence-corrected chi connectivity index (χ2v) is 8.41. The van der Waals surface area contributed by atoms with Crippen LogP contribution in [-0.2, 0) is 14.3 Å². The van der Waals surface area contributed by atoms with Crippen LogP contribution in [-0.4, -0.2) is 40.2 Å². The first kappa shape index (κ1) is 21.7. The van der Waals surface area contributed by atoms with Gasteiger partial charge in [-0.2, -0.15) is 0 Å². The third-order valence-electron chi connectivity index (χ3n) is 5.78. The molecule has 1 aromatic carbocycles. The highest BCUT2D eigenvalue weighted by atomic mass is 16.5. The quantitative estimate of drug-likeness (QED) is 0.739. The maximum atomic E-state index is 13.3. The van der Waals surface area contributed by atoms with E-state index in [0.717, 1.165) is 5.70 Å². The normalized spacial score (nSPS) is 22.7. The number of hydrogen-bond acceptors (Lipinski definition) is 7. The Morgan fingerprint density at radius 3 is 2.20 bits per heavy atom. The minimum atomic E-state index is -0.786. The number of methoxy groups -OCH3 is 4. The van der Waals surface area contributed by atoms with Crippen molar-refractivity contribution in [3.8, 4) is 17.2 Å². The SMILES string of the molecule is C=C1NC2=C(C(=O)CC(C)(C)C2)C(c2cc(OC)c(OC)cc2OC)C1C(=O)OC. The molecule has 162 valence electrons. The highest BCUT2D eigenvalue weighted by Gasteiger charge is 2.47. The van der Waals surface area contributed by atoms with Crippen LogP contribution in [0.15, 0.2) is 35.7 Å². The molecule has 1 aromatic rings. The first-order chi connectivity index (χ1) is 14.2. The lowest BCUT2D eigenvalue weighted by Gasteiger charge is -2.42. The van der Waals surface area contributed by atoms with Crippen LogP contribution in [0.1, 0.15) is 38.2 Å². The van der Waals surface area contributed by atoms with E-state index in [1.54, 1.807) is 12.1 Å². The number of allylic oxidation sites excluding steroid dienone is 2. The van der Waals surface area contributed by atoms with E-state index in [2.05, 4.69) is 25.7 Å². The summed E-state index contributed by atoms with van der Waals surface area (Å²) in [4.78, 5) is 26.1. The molecule has 0 bridgehead atoms. The summed E-state index contributed by atoms with van der Waals surface area (Å²) in [7, 11) is 5.93. The zero-order chi connectivity index (χ0) is 22.2. The number of Topliss-reactive ketones (excluding diaryl/α,β-unsaturated/α-hetero) is 1. The van der Waals surface area contributed by atoms with Crippen molar-refractivity contribution in [2.75, 3.05) is 28.4 Å². The minimum absolute atomic E-state index is 0.00279. The number of nitrogens with one attached hydrogen (secondary N) is 1. The number of ketones is 1. The molecular formula is C23H29NO6. The number of benzene rings is 1. The van der Waals surface area contributed by atoms with E-state index in [0.29, 0.717) is 46.9 Å². The molecule has 0 radical (unpaired) electrons. The van der Waals surface area contributed by atoms with Crippen LogP contribution in [0.3, 0.4) is 0 Å². The molecule has 1 N–H and O–H groups in total. The molecule has 1 aliphatic heterocycles. The maximum Gasteiger partial charge on any atom is 0.315 e. The van der Waals surface area contributed by atoms with Crippen molar-refractivity contribution in [3.05, 3.63) is 41.2 Å². The van der Waals surface area contributed by atoms with E-state index < -0.39 is 17.8 Å². The average molecular weight is 415 g/mol. The Bertz CT molecular complexity index is 930. The number of ether oxygens (including phenoxy) is 4. The lowest BCUT2D eigenvalue weighted by Crippen LogP contribution is -2.43. The molecule has 0 spiro atoms. The Balaban J connectivity index is 2.30. The fraction of sp³-hybridized carbons (Fsp3) is 0.478. The zero-order valence-corrected chi connectivity index (χ0v) is 18.4. The monoisotopic (exact) mass is 415 g/mol. The molecule has 0 amide bonds. The van der Waals surface area contributed by atoms with E-state index in [4.69, 9.17) is 18.9 Å². The number of carbonyl (C=O) groups excluding carboxylic acids is 2. The molecule has 1 aliphatic carbocycles.